The Morgan fingerprint density at radius 1 is 1.09 bits per heavy atom. The second-order valence-corrected chi connectivity index (χ2v) is 9.82. The predicted molar refractivity (Wildman–Crippen MR) is 133 cm³/mol. The van der Waals surface area contributed by atoms with Crippen molar-refractivity contribution in [2.24, 2.45) is 0 Å². The molecule has 182 valence electrons. The molecule has 0 aliphatic carbocycles. The maximum atomic E-state index is 14.6. The summed E-state index contributed by atoms with van der Waals surface area (Å²) in [5, 5.41) is 3.63. The van der Waals surface area contributed by atoms with Crippen molar-refractivity contribution in [3.05, 3.63) is 58.5 Å². The van der Waals surface area contributed by atoms with Crippen molar-refractivity contribution in [1.82, 2.24) is 14.3 Å². The smallest absolute Gasteiger partial charge is 0.246 e. The Labute approximate surface area is 208 Å². The van der Waals surface area contributed by atoms with E-state index in [4.69, 9.17) is 27.9 Å². The lowest BCUT2D eigenvalue weighted by Gasteiger charge is -2.21. The van der Waals surface area contributed by atoms with E-state index < -0.39 is 15.8 Å². The maximum Gasteiger partial charge on any atom is 0.246 e. The first kappa shape index (κ1) is 26.0. The number of ether oxygens (including phenoxy) is 1. The topological polar surface area (TPSA) is 87.7 Å². The number of hydrogen-bond donors (Lipinski definition) is 1. The molecule has 0 radical (unpaired) electrons. The fourth-order valence-corrected chi connectivity index (χ4v) is 5.19. The van der Waals surface area contributed by atoms with Crippen molar-refractivity contribution in [2.75, 3.05) is 37.5 Å². The van der Waals surface area contributed by atoms with E-state index in [9.17, 15) is 12.8 Å². The van der Waals surface area contributed by atoms with Gasteiger partial charge in [-0.05, 0) is 36.4 Å². The minimum atomic E-state index is -3.79. The molecule has 0 spiro atoms. The third kappa shape index (κ3) is 5.35. The lowest BCUT2D eigenvalue weighted by molar-refractivity contribution is 0.395. The fraction of sp³-hybridized carbons (Fsp3) is 0.273. The van der Waals surface area contributed by atoms with E-state index in [-0.39, 0.29) is 22.4 Å². The Bertz CT molecular complexity index is 1290. The van der Waals surface area contributed by atoms with Gasteiger partial charge in [-0.15, -0.1) is 0 Å². The lowest BCUT2D eigenvalue weighted by atomic mass is 10.3. The summed E-state index contributed by atoms with van der Waals surface area (Å²) >= 11 is 12.1. The van der Waals surface area contributed by atoms with Crippen LogP contribution in [0.25, 0.3) is 0 Å². The second kappa shape index (κ2) is 10.7. The Hall–Kier alpha value is -2.66. The molecule has 0 saturated heterocycles. The highest BCUT2D eigenvalue weighted by molar-refractivity contribution is 7.89. The van der Waals surface area contributed by atoms with Gasteiger partial charge in [0.1, 0.15) is 10.6 Å². The molecule has 0 unspecified atom stereocenters. The number of nitrogens with zero attached hydrogens (tertiary/aromatic N) is 4. The number of anilines is 4. The van der Waals surface area contributed by atoms with E-state index in [1.54, 1.807) is 45.2 Å². The molecule has 0 aliphatic heterocycles. The molecule has 0 aliphatic rings. The lowest BCUT2D eigenvalue weighted by Crippen LogP contribution is -2.30. The van der Waals surface area contributed by atoms with Gasteiger partial charge in [0, 0.05) is 31.5 Å². The van der Waals surface area contributed by atoms with Crippen LogP contribution in [0.3, 0.4) is 0 Å². The Morgan fingerprint density at radius 3 is 2.41 bits per heavy atom. The number of benzene rings is 2. The highest BCUT2D eigenvalue weighted by atomic mass is 35.5. The van der Waals surface area contributed by atoms with Gasteiger partial charge in [-0.3, -0.25) is 0 Å². The molecule has 2 aromatic carbocycles. The molecular weight excluding hydrogens is 504 g/mol. The first-order valence-electron chi connectivity index (χ1n) is 10.3. The SMILES string of the molecule is CCN(CC)S(=O)(=O)c1cc(Nc2ncc(F)c(N(C)c3ccc(Cl)c(Cl)c3)n2)ccc1OC. The van der Waals surface area contributed by atoms with Crippen LogP contribution >= 0.6 is 23.2 Å². The van der Waals surface area contributed by atoms with Gasteiger partial charge in [-0.25, -0.2) is 17.8 Å². The molecule has 0 bridgehead atoms. The van der Waals surface area contributed by atoms with Crippen LogP contribution in [0.1, 0.15) is 13.8 Å². The van der Waals surface area contributed by atoms with Gasteiger partial charge in [0.2, 0.25) is 16.0 Å². The number of aromatic nitrogens is 2. The van der Waals surface area contributed by atoms with Crippen molar-refractivity contribution in [2.45, 2.75) is 18.7 Å². The van der Waals surface area contributed by atoms with Crippen LogP contribution in [-0.2, 0) is 10.0 Å². The molecule has 1 N–H and O–H groups in total. The van der Waals surface area contributed by atoms with Gasteiger partial charge in [-0.1, -0.05) is 37.0 Å². The van der Waals surface area contributed by atoms with Crippen LogP contribution in [0.5, 0.6) is 5.75 Å². The highest BCUT2D eigenvalue weighted by Crippen LogP contribution is 2.33. The first-order chi connectivity index (χ1) is 16.1. The minimum Gasteiger partial charge on any atom is -0.495 e. The number of methoxy groups -OCH3 is 1. The number of halogens is 3. The molecule has 0 amide bonds. The number of sulfonamides is 1. The average molecular weight is 528 g/mol. The quantitative estimate of drug-likeness (QED) is 0.394. The molecule has 1 heterocycles. The molecule has 3 aromatic rings. The van der Waals surface area contributed by atoms with Crippen LogP contribution in [0.15, 0.2) is 47.5 Å². The maximum absolute atomic E-state index is 14.6. The van der Waals surface area contributed by atoms with Crippen LogP contribution in [0.4, 0.5) is 27.5 Å². The second-order valence-electron chi connectivity index (χ2n) is 7.10. The third-order valence-electron chi connectivity index (χ3n) is 5.08. The Balaban J connectivity index is 1.97. The van der Waals surface area contributed by atoms with E-state index in [2.05, 4.69) is 15.3 Å². The standard InChI is InChI=1S/C22H24Cl2FN5O3S/c1-5-30(6-2)34(31,32)20-11-14(7-10-19(20)33-4)27-22-26-13-18(25)21(28-22)29(3)15-8-9-16(23)17(24)12-15/h7-13H,5-6H2,1-4H3,(H,26,27,28). The molecule has 3 rings (SSSR count). The van der Waals surface area contributed by atoms with Gasteiger partial charge >= 0.3 is 0 Å². The number of nitrogens with one attached hydrogen (secondary N) is 1. The number of rotatable bonds is 9. The van der Waals surface area contributed by atoms with Crippen LogP contribution in [-0.4, -0.2) is 49.9 Å². The summed E-state index contributed by atoms with van der Waals surface area (Å²) in [4.78, 5) is 9.73. The van der Waals surface area contributed by atoms with Gasteiger partial charge in [-0.2, -0.15) is 9.29 Å². The average Bonchev–Trinajstić information content (AvgIpc) is 2.82. The Kier molecular flexibility index (Phi) is 8.19. The minimum absolute atomic E-state index is 0.000964. The summed E-state index contributed by atoms with van der Waals surface area (Å²) < 4.78 is 47.3. The van der Waals surface area contributed by atoms with E-state index in [1.807, 2.05) is 0 Å². The fourth-order valence-electron chi connectivity index (χ4n) is 3.26. The van der Waals surface area contributed by atoms with Gasteiger partial charge < -0.3 is 15.0 Å². The first-order valence-corrected chi connectivity index (χ1v) is 12.5. The zero-order chi connectivity index (χ0) is 25.0. The molecule has 34 heavy (non-hydrogen) atoms. The predicted octanol–water partition coefficient (Wildman–Crippen LogP) is 5.47. The third-order valence-corrected chi connectivity index (χ3v) is 7.89. The summed E-state index contributed by atoms with van der Waals surface area (Å²) in [6, 6.07) is 9.45. The van der Waals surface area contributed by atoms with Gasteiger partial charge in [0.15, 0.2) is 11.6 Å². The zero-order valence-corrected chi connectivity index (χ0v) is 21.3. The van der Waals surface area contributed by atoms with E-state index >= 15 is 0 Å². The summed E-state index contributed by atoms with van der Waals surface area (Å²) in [5.41, 5.74) is 0.955. The highest BCUT2D eigenvalue weighted by Gasteiger charge is 2.26. The summed E-state index contributed by atoms with van der Waals surface area (Å²) in [7, 11) is -0.772. The summed E-state index contributed by atoms with van der Waals surface area (Å²) in [6.07, 6.45) is 1.02. The zero-order valence-electron chi connectivity index (χ0n) is 19.0. The van der Waals surface area contributed by atoms with E-state index in [0.717, 1.165) is 6.20 Å². The molecule has 0 fully saturated rings. The molecule has 0 atom stereocenters. The molecule has 0 saturated carbocycles. The Morgan fingerprint density at radius 2 is 1.79 bits per heavy atom. The summed E-state index contributed by atoms with van der Waals surface area (Å²) in [5.74, 6) is -0.392. The normalized spacial score (nSPS) is 11.5. The monoisotopic (exact) mass is 527 g/mol. The largest absolute Gasteiger partial charge is 0.495 e. The molecule has 8 nitrogen and oxygen atoms in total. The van der Waals surface area contributed by atoms with Crippen molar-refractivity contribution >= 4 is 56.4 Å². The van der Waals surface area contributed by atoms with Crippen molar-refractivity contribution < 1.29 is 17.5 Å². The molecule has 1 aromatic heterocycles. The van der Waals surface area contributed by atoms with Crippen LogP contribution < -0.4 is 15.0 Å². The van der Waals surface area contributed by atoms with Crippen molar-refractivity contribution in [3.8, 4) is 5.75 Å². The van der Waals surface area contributed by atoms with Crippen molar-refractivity contribution in [3.63, 3.8) is 0 Å². The molecule has 12 heteroatoms. The van der Waals surface area contributed by atoms with E-state index in [0.29, 0.717) is 34.5 Å². The van der Waals surface area contributed by atoms with Crippen LogP contribution in [0, 0.1) is 5.82 Å². The van der Waals surface area contributed by atoms with Gasteiger partial charge in [0.25, 0.3) is 0 Å². The number of hydrogen-bond acceptors (Lipinski definition) is 7. The van der Waals surface area contributed by atoms with E-state index in [1.165, 1.54) is 28.4 Å². The molecular formula is C22H24Cl2FN5O3S. The van der Waals surface area contributed by atoms with Crippen LogP contribution in [0.2, 0.25) is 10.0 Å². The van der Waals surface area contributed by atoms with Crippen molar-refractivity contribution in [1.29, 1.82) is 0 Å². The summed E-state index contributed by atoms with van der Waals surface area (Å²) in [6.45, 7) is 4.14. The van der Waals surface area contributed by atoms with Gasteiger partial charge in [0.05, 0.1) is 23.4 Å².